The predicted octanol–water partition coefficient (Wildman–Crippen LogP) is 3.62. The predicted molar refractivity (Wildman–Crippen MR) is 69.7 cm³/mol. The van der Waals surface area contributed by atoms with Crippen molar-refractivity contribution in [3.63, 3.8) is 0 Å². The summed E-state index contributed by atoms with van der Waals surface area (Å²) in [5.74, 6) is 0. The van der Waals surface area contributed by atoms with Crippen LogP contribution in [0.5, 0.6) is 0 Å². The van der Waals surface area contributed by atoms with E-state index in [4.69, 9.17) is 5.26 Å². The topological polar surface area (TPSA) is 27.0 Å². The van der Waals surface area contributed by atoms with E-state index in [1.165, 1.54) is 24.9 Å². The SMILES string of the molecule is Cc1cc(N2CCCCC2)c(Br)cc1C#N. The molecule has 0 aromatic heterocycles. The molecule has 1 fully saturated rings. The van der Waals surface area contributed by atoms with Crippen molar-refractivity contribution >= 4 is 21.6 Å². The summed E-state index contributed by atoms with van der Waals surface area (Å²) in [5.41, 5.74) is 3.05. The second kappa shape index (κ2) is 4.88. The van der Waals surface area contributed by atoms with Gasteiger partial charge in [-0.3, -0.25) is 0 Å². The van der Waals surface area contributed by atoms with Crippen LogP contribution in [0.25, 0.3) is 0 Å². The summed E-state index contributed by atoms with van der Waals surface area (Å²) in [7, 11) is 0. The number of benzene rings is 1. The average molecular weight is 279 g/mol. The van der Waals surface area contributed by atoms with Crippen LogP contribution in [0.15, 0.2) is 16.6 Å². The third kappa shape index (κ3) is 2.22. The van der Waals surface area contributed by atoms with Gasteiger partial charge in [0.05, 0.1) is 17.3 Å². The Balaban J connectivity index is 2.34. The Bertz CT molecular complexity index is 428. The van der Waals surface area contributed by atoms with Gasteiger partial charge in [-0.05, 0) is 59.8 Å². The molecule has 1 aliphatic heterocycles. The Morgan fingerprint density at radius 1 is 1.25 bits per heavy atom. The molecule has 2 rings (SSSR count). The van der Waals surface area contributed by atoms with E-state index in [2.05, 4.69) is 33.0 Å². The third-order valence-corrected chi connectivity index (χ3v) is 3.75. The minimum atomic E-state index is 0.757. The molecule has 1 aromatic rings. The highest BCUT2D eigenvalue weighted by molar-refractivity contribution is 9.10. The van der Waals surface area contributed by atoms with Crippen molar-refractivity contribution in [2.45, 2.75) is 26.2 Å². The normalized spacial score (nSPS) is 15.9. The van der Waals surface area contributed by atoms with E-state index in [9.17, 15) is 0 Å². The molecule has 0 aliphatic carbocycles. The number of hydrogen-bond donors (Lipinski definition) is 0. The molecular formula is C13H15BrN2. The first-order chi connectivity index (χ1) is 7.72. The van der Waals surface area contributed by atoms with Crippen LogP contribution in [-0.4, -0.2) is 13.1 Å². The molecule has 0 bridgehead atoms. The standard InChI is InChI=1S/C13H15BrN2/c1-10-7-13(12(14)8-11(10)9-15)16-5-3-2-4-6-16/h7-8H,2-6H2,1H3. The summed E-state index contributed by atoms with van der Waals surface area (Å²) in [6.07, 6.45) is 3.88. The van der Waals surface area contributed by atoms with Gasteiger partial charge in [-0.1, -0.05) is 0 Å². The van der Waals surface area contributed by atoms with Gasteiger partial charge in [0.25, 0.3) is 0 Å². The number of nitrogens with zero attached hydrogens (tertiary/aromatic N) is 2. The fourth-order valence-corrected chi connectivity index (χ4v) is 2.76. The van der Waals surface area contributed by atoms with Crippen LogP contribution in [-0.2, 0) is 0 Å². The van der Waals surface area contributed by atoms with Gasteiger partial charge in [-0.15, -0.1) is 0 Å². The van der Waals surface area contributed by atoms with Gasteiger partial charge in [-0.2, -0.15) is 5.26 Å². The van der Waals surface area contributed by atoms with Gasteiger partial charge < -0.3 is 4.90 Å². The van der Waals surface area contributed by atoms with Gasteiger partial charge in [0.15, 0.2) is 0 Å². The van der Waals surface area contributed by atoms with Crippen molar-refractivity contribution in [2.24, 2.45) is 0 Å². The lowest BCUT2D eigenvalue weighted by atomic mass is 10.1. The minimum Gasteiger partial charge on any atom is -0.371 e. The van der Waals surface area contributed by atoms with Crippen LogP contribution in [0.2, 0.25) is 0 Å². The Hall–Kier alpha value is -1.01. The molecule has 0 N–H and O–H groups in total. The first-order valence-corrected chi connectivity index (χ1v) is 6.47. The minimum absolute atomic E-state index is 0.757. The van der Waals surface area contributed by atoms with E-state index < -0.39 is 0 Å². The molecule has 0 radical (unpaired) electrons. The lowest BCUT2D eigenvalue weighted by Crippen LogP contribution is -2.29. The number of anilines is 1. The Kier molecular flexibility index (Phi) is 3.50. The van der Waals surface area contributed by atoms with Gasteiger partial charge in [-0.25, -0.2) is 0 Å². The van der Waals surface area contributed by atoms with Crippen molar-refractivity contribution in [1.29, 1.82) is 5.26 Å². The molecule has 0 atom stereocenters. The van der Waals surface area contributed by atoms with Crippen LogP contribution in [0.4, 0.5) is 5.69 Å². The average Bonchev–Trinajstić information content (AvgIpc) is 2.32. The number of piperidine rings is 1. The molecule has 84 valence electrons. The molecule has 0 spiro atoms. The van der Waals surface area contributed by atoms with E-state index in [0.717, 1.165) is 28.7 Å². The molecule has 0 saturated carbocycles. The van der Waals surface area contributed by atoms with Gasteiger partial charge in [0.1, 0.15) is 0 Å². The summed E-state index contributed by atoms with van der Waals surface area (Å²) < 4.78 is 1.04. The first kappa shape index (κ1) is 11.5. The quantitative estimate of drug-likeness (QED) is 0.785. The van der Waals surface area contributed by atoms with Crippen molar-refractivity contribution in [1.82, 2.24) is 0 Å². The lowest BCUT2D eigenvalue weighted by Gasteiger charge is -2.30. The van der Waals surface area contributed by atoms with Crippen LogP contribution < -0.4 is 4.90 Å². The second-order valence-electron chi connectivity index (χ2n) is 4.28. The Labute approximate surface area is 105 Å². The van der Waals surface area contributed by atoms with Gasteiger partial charge in [0, 0.05) is 17.6 Å². The zero-order valence-electron chi connectivity index (χ0n) is 9.46. The maximum absolute atomic E-state index is 8.96. The summed E-state index contributed by atoms with van der Waals surface area (Å²) in [6.45, 7) is 4.26. The van der Waals surface area contributed by atoms with Crippen molar-refractivity contribution < 1.29 is 0 Å². The van der Waals surface area contributed by atoms with E-state index in [0.29, 0.717) is 0 Å². The molecule has 3 heteroatoms. The number of aryl methyl sites for hydroxylation is 1. The van der Waals surface area contributed by atoms with Crippen LogP contribution in [0.3, 0.4) is 0 Å². The van der Waals surface area contributed by atoms with Crippen LogP contribution in [0, 0.1) is 18.3 Å². The van der Waals surface area contributed by atoms with E-state index in [1.807, 2.05) is 13.0 Å². The molecule has 0 unspecified atom stereocenters. The van der Waals surface area contributed by atoms with Crippen LogP contribution >= 0.6 is 15.9 Å². The molecule has 1 heterocycles. The molecule has 1 aromatic carbocycles. The van der Waals surface area contributed by atoms with Crippen molar-refractivity contribution in [3.05, 3.63) is 27.7 Å². The fourth-order valence-electron chi connectivity index (χ4n) is 2.16. The number of nitriles is 1. The fraction of sp³-hybridized carbons (Fsp3) is 0.462. The third-order valence-electron chi connectivity index (χ3n) is 3.11. The number of halogens is 1. The highest BCUT2D eigenvalue weighted by Gasteiger charge is 2.15. The highest BCUT2D eigenvalue weighted by Crippen LogP contribution is 2.31. The monoisotopic (exact) mass is 278 g/mol. The molecule has 1 aliphatic rings. The maximum Gasteiger partial charge on any atom is 0.0994 e. The summed E-state index contributed by atoms with van der Waals surface area (Å²) in [4.78, 5) is 2.40. The van der Waals surface area contributed by atoms with Gasteiger partial charge >= 0.3 is 0 Å². The van der Waals surface area contributed by atoms with Gasteiger partial charge in [0.2, 0.25) is 0 Å². The van der Waals surface area contributed by atoms with E-state index in [1.54, 1.807) is 0 Å². The zero-order chi connectivity index (χ0) is 11.5. The number of rotatable bonds is 1. The highest BCUT2D eigenvalue weighted by atomic mass is 79.9. The summed E-state index contributed by atoms with van der Waals surface area (Å²) in [6, 6.07) is 6.27. The van der Waals surface area contributed by atoms with Crippen molar-refractivity contribution in [3.8, 4) is 6.07 Å². The van der Waals surface area contributed by atoms with Crippen molar-refractivity contribution in [2.75, 3.05) is 18.0 Å². The molecule has 16 heavy (non-hydrogen) atoms. The second-order valence-corrected chi connectivity index (χ2v) is 5.13. The first-order valence-electron chi connectivity index (χ1n) is 5.67. The van der Waals surface area contributed by atoms with E-state index in [-0.39, 0.29) is 0 Å². The smallest absolute Gasteiger partial charge is 0.0994 e. The molecule has 0 amide bonds. The lowest BCUT2D eigenvalue weighted by molar-refractivity contribution is 0.577. The summed E-state index contributed by atoms with van der Waals surface area (Å²) in [5, 5.41) is 8.96. The number of hydrogen-bond acceptors (Lipinski definition) is 2. The molecule has 1 saturated heterocycles. The maximum atomic E-state index is 8.96. The Morgan fingerprint density at radius 2 is 1.94 bits per heavy atom. The molecule has 2 nitrogen and oxygen atoms in total. The Morgan fingerprint density at radius 3 is 2.56 bits per heavy atom. The summed E-state index contributed by atoms with van der Waals surface area (Å²) >= 11 is 3.56. The molecular weight excluding hydrogens is 264 g/mol. The largest absolute Gasteiger partial charge is 0.371 e. The zero-order valence-corrected chi connectivity index (χ0v) is 11.0. The van der Waals surface area contributed by atoms with E-state index >= 15 is 0 Å². The van der Waals surface area contributed by atoms with Crippen LogP contribution in [0.1, 0.15) is 30.4 Å².